The molecule has 0 aliphatic rings. The van der Waals surface area contributed by atoms with E-state index in [4.69, 9.17) is 0 Å². The first-order chi connectivity index (χ1) is 11.8. The number of aromatic nitrogens is 3. The molecule has 130 valence electrons. The zero-order chi connectivity index (χ0) is 18.0. The van der Waals surface area contributed by atoms with Crippen LogP contribution in [0.3, 0.4) is 0 Å². The predicted octanol–water partition coefficient (Wildman–Crippen LogP) is 3.08. The Bertz CT molecular complexity index is 1000. The molecule has 0 saturated heterocycles. The summed E-state index contributed by atoms with van der Waals surface area (Å²) in [5.41, 5.74) is 2.01. The fourth-order valence-corrected chi connectivity index (χ4v) is 4.36. The van der Waals surface area contributed by atoms with Gasteiger partial charge in [-0.05, 0) is 55.4 Å². The van der Waals surface area contributed by atoms with Gasteiger partial charge in [0.2, 0.25) is 0 Å². The molecule has 0 saturated carbocycles. The van der Waals surface area contributed by atoms with E-state index in [-0.39, 0.29) is 10.6 Å². The van der Waals surface area contributed by atoms with Crippen LogP contribution in [0, 0.1) is 13.8 Å². The van der Waals surface area contributed by atoms with Crippen LogP contribution >= 0.6 is 11.8 Å². The molecule has 0 fully saturated rings. The number of sulfonamides is 1. The second-order valence-corrected chi connectivity index (χ2v) is 8.13. The molecule has 1 aromatic heterocycles. The first-order valence-electron chi connectivity index (χ1n) is 7.31. The third-order valence-corrected chi connectivity index (χ3v) is 5.91. The van der Waals surface area contributed by atoms with E-state index >= 15 is 0 Å². The molecule has 0 aliphatic carbocycles. The van der Waals surface area contributed by atoms with Crippen molar-refractivity contribution in [1.82, 2.24) is 15.2 Å². The maximum absolute atomic E-state index is 12.6. The van der Waals surface area contributed by atoms with Gasteiger partial charge < -0.3 is 5.11 Å². The van der Waals surface area contributed by atoms with Gasteiger partial charge in [-0.2, -0.15) is 5.10 Å². The highest BCUT2D eigenvalue weighted by atomic mass is 32.2. The van der Waals surface area contributed by atoms with Crippen LogP contribution in [0.15, 0.2) is 57.7 Å². The van der Waals surface area contributed by atoms with Crippen molar-refractivity contribution in [2.75, 3.05) is 4.72 Å². The van der Waals surface area contributed by atoms with Crippen molar-refractivity contribution < 1.29 is 13.5 Å². The van der Waals surface area contributed by atoms with Gasteiger partial charge in [-0.3, -0.25) is 9.82 Å². The summed E-state index contributed by atoms with van der Waals surface area (Å²) in [5, 5.41) is 16.9. The van der Waals surface area contributed by atoms with Gasteiger partial charge in [0, 0.05) is 0 Å². The summed E-state index contributed by atoms with van der Waals surface area (Å²) < 4.78 is 27.8. The Morgan fingerprint density at radius 3 is 2.64 bits per heavy atom. The number of aromatic hydroxyl groups is 1. The van der Waals surface area contributed by atoms with Crippen molar-refractivity contribution in [3.8, 4) is 5.75 Å². The minimum atomic E-state index is -3.73. The summed E-state index contributed by atoms with van der Waals surface area (Å²) >= 11 is 1.15. The maximum atomic E-state index is 12.6. The van der Waals surface area contributed by atoms with E-state index in [0.29, 0.717) is 21.3 Å². The first kappa shape index (κ1) is 17.3. The number of hydrogen-bond donors (Lipinski definition) is 3. The molecule has 0 atom stereocenters. The van der Waals surface area contributed by atoms with Crippen LogP contribution in [-0.4, -0.2) is 28.7 Å². The van der Waals surface area contributed by atoms with Gasteiger partial charge in [0.15, 0.2) is 5.16 Å². The van der Waals surface area contributed by atoms with E-state index < -0.39 is 10.0 Å². The highest BCUT2D eigenvalue weighted by Crippen LogP contribution is 2.35. The SMILES string of the molecule is Cc1ccc(S(=O)(=O)Nc2ccc(O)c(Sc3ncn[nH]3)c2)c(C)c1. The number of H-pyrrole nitrogens is 1. The highest BCUT2D eigenvalue weighted by Gasteiger charge is 2.18. The van der Waals surface area contributed by atoms with Crippen molar-refractivity contribution in [3.63, 3.8) is 0 Å². The van der Waals surface area contributed by atoms with Gasteiger partial charge in [-0.1, -0.05) is 17.7 Å². The predicted molar refractivity (Wildman–Crippen MR) is 95.3 cm³/mol. The van der Waals surface area contributed by atoms with E-state index in [1.54, 1.807) is 25.1 Å². The summed E-state index contributed by atoms with van der Waals surface area (Å²) in [6.45, 7) is 3.66. The van der Waals surface area contributed by atoms with Crippen molar-refractivity contribution in [2.45, 2.75) is 28.8 Å². The minimum Gasteiger partial charge on any atom is -0.507 e. The molecule has 3 N–H and O–H groups in total. The number of aromatic amines is 1. The van der Waals surface area contributed by atoms with E-state index in [0.717, 1.165) is 17.3 Å². The molecule has 25 heavy (non-hydrogen) atoms. The zero-order valence-corrected chi connectivity index (χ0v) is 15.1. The smallest absolute Gasteiger partial charge is 0.262 e. The number of nitrogens with zero attached hydrogens (tertiary/aromatic N) is 2. The molecule has 0 radical (unpaired) electrons. The number of phenolic OH excluding ortho intramolecular Hbond substituents is 1. The second kappa shape index (κ2) is 6.77. The quantitative estimate of drug-likeness (QED) is 0.591. The number of phenols is 1. The Balaban J connectivity index is 1.89. The van der Waals surface area contributed by atoms with Gasteiger partial charge in [0.1, 0.15) is 12.1 Å². The van der Waals surface area contributed by atoms with Crippen LogP contribution in [0.25, 0.3) is 0 Å². The largest absolute Gasteiger partial charge is 0.507 e. The lowest BCUT2D eigenvalue weighted by molar-refractivity contribution is 0.462. The first-order valence-corrected chi connectivity index (χ1v) is 9.61. The summed E-state index contributed by atoms with van der Waals surface area (Å²) in [7, 11) is -3.73. The molecule has 3 rings (SSSR count). The standard InChI is InChI=1S/C16H16N4O3S2/c1-10-3-6-15(11(2)7-10)25(22,23)20-12-4-5-13(21)14(8-12)24-16-17-9-18-19-16/h3-9,20-21H,1-2H3,(H,17,18,19). The molecule has 9 heteroatoms. The Morgan fingerprint density at radius 2 is 1.96 bits per heavy atom. The summed E-state index contributed by atoms with van der Waals surface area (Å²) in [6, 6.07) is 9.63. The van der Waals surface area contributed by atoms with Gasteiger partial charge in [0.05, 0.1) is 15.5 Å². The zero-order valence-electron chi connectivity index (χ0n) is 13.5. The Kier molecular flexibility index (Phi) is 4.69. The number of nitrogens with one attached hydrogen (secondary N) is 2. The number of anilines is 1. The fraction of sp³-hybridized carbons (Fsp3) is 0.125. The van der Waals surface area contributed by atoms with Crippen LogP contribution in [0.4, 0.5) is 5.69 Å². The molecule has 1 heterocycles. The van der Waals surface area contributed by atoms with Gasteiger partial charge in [0.25, 0.3) is 10.0 Å². The van der Waals surface area contributed by atoms with Crippen molar-refractivity contribution in [1.29, 1.82) is 0 Å². The lowest BCUT2D eigenvalue weighted by atomic mass is 10.2. The molecule has 0 aliphatic heterocycles. The Labute approximate surface area is 149 Å². The lowest BCUT2D eigenvalue weighted by Crippen LogP contribution is -2.14. The van der Waals surface area contributed by atoms with E-state index in [1.165, 1.54) is 18.5 Å². The number of aryl methyl sites for hydroxylation is 2. The van der Waals surface area contributed by atoms with Gasteiger partial charge in [-0.15, -0.1) is 0 Å². The Hall–Kier alpha value is -2.52. The molecular formula is C16H16N4O3S2. The second-order valence-electron chi connectivity index (χ2n) is 5.45. The van der Waals surface area contributed by atoms with Gasteiger partial charge >= 0.3 is 0 Å². The molecule has 3 aromatic rings. The van der Waals surface area contributed by atoms with Crippen molar-refractivity contribution in [2.24, 2.45) is 0 Å². The van der Waals surface area contributed by atoms with Crippen molar-refractivity contribution >= 4 is 27.5 Å². The van der Waals surface area contributed by atoms with E-state index in [1.807, 2.05) is 13.0 Å². The van der Waals surface area contributed by atoms with Crippen molar-refractivity contribution in [3.05, 3.63) is 53.9 Å². The monoisotopic (exact) mass is 376 g/mol. The van der Waals surface area contributed by atoms with Crippen LogP contribution in [0.2, 0.25) is 0 Å². The number of benzene rings is 2. The third-order valence-electron chi connectivity index (χ3n) is 3.43. The molecule has 7 nitrogen and oxygen atoms in total. The third kappa shape index (κ3) is 3.94. The number of hydrogen-bond acceptors (Lipinski definition) is 6. The highest BCUT2D eigenvalue weighted by molar-refractivity contribution is 7.99. The van der Waals surface area contributed by atoms with Crippen LogP contribution < -0.4 is 4.72 Å². The average Bonchev–Trinajstić information content (AvgIpc) is 3.03. The van der Waals surface area contributed by atoms with Crippen LogP contribution in [-0.2, 0) is 10.0 Å². The van der Waals surface area contributed by atoms with Crippen LogP contribution in [0.1, 0.15) is 11.1 Å². The average molecular weight is 376 g/mol. The molecule has 0 unspecified atom stereocenters. The van der Waals surface area contributed by atoms with Crippen LogP contribution in [0.5, 0.6) is 5.75 Å². The number of rotatable bonds is 5. The van der Waals surface area contributed by atoms with Gasteiger partial charge in [-0.25, -0.2) is 13.4 Å². The lowest BCUT2D eigenvalue weighted by Gasteiger charge is -2.12. The maximum Gasteiger partial charge on any atom is 0.262 e. The fourth-order valence-electron chi connectivity index (χ4n) is 2.32. The van der Waals surface area contributed by atoms with E-state index in [2.05, 4.69) is 19.9 Å². The normalized spacial score (nSPS) is 11.4. The summed E-state index contributed by atoms with van der Waals surface area (Å²) in [6.07, 6.45) is 1.35. The molecule has 0 amide bonds. The molecule has 0 spiro atoms. The summed E-state index contributed by atoms with van der Waals surface area (Å²) in [5.74, 6) is 0.0239. The topological polar surface area (TPSA) is 108 Å². The minimum absolute atomic E-state index is 0.0239. The molecule has 0 bridgehead atoms. The summed E-state index contributed by atoms with van der Waals surface area (Å²) in [4.78, 5) is 4.65. The Morgan fingerprint density at radius 1 is 1.16 bits per heavy atom. The molecular weight excluding hydrogens is 360 g/mol. The van der Waals surface area contributed by atoms with E-state index in [9.17, 15) is 13.5 Å². The molecule has 2 aromatic carbocycles.